The lowest BCUT2D eigenvalue weighted by Gasteiger charge is -2.37. The number of rotatable bonds is 1. The van der Waals surface area contributed by atoms with E-state index >= 15 is 0 Å². The first-order chi connectivity index (χ1) is 12.2. The molecular weight excluding hydrogens is 318 g/mol. The number of ether oxygens (including phenoxy) is 2. The Morgan fingerprint density at radius 3 is 2.76 bits per heavy atom. The zero-order chi connectivity index (χ0) is 17.6. The van der Waals surface area contributed by atoms with Gasteiger partial charge in [-0.25, -0.2) is 4.79 Å². The maximum Gasteiger partial charge on any atom is 0.410 e. The number of methoxy groups -OCH3 is 2. The molecule has 5 nitrogen and oxygen atoms in total. The molecule has 0 spiro atoms. The number of aryl methyl sites for hydroxylation is 1. The predicted octanol–water partition coefficient (Wildman–Crippen LogP) is 3.68. The topological polar surface area (TPSA) is 59.0 Å². The fourth-order valence-corrected chi connectivity index (χ4v) is 4.19. The van der Waals surface area contributed by atoms with Crippen LogP contribution in [0.4, 0.5) is 4.79 Å². The summed E-state index contributed by atoms with van der Waals surface area (Å²) in [5.74, 6) is 0.628. The van der Waals surface area contributed by atoms with Gasteiger partial charge in [0.25, 0.3) is 0 Å². The number of carbonyl (C=O) groups excluding carboxylic acids is 1. The Morgan fingerprint density at radius 1 is 1.20 bits per heavy atom. The van der Waals surface area contributed by atoms with Crippen LogP contribution in [0.1, 0.15) is 29.2 Å². The zero-order valence-corrected chi connectivity index (χ0v) is 14.4. The molecule has 0 saturated carbocycles. The average Bonchev–Trinajstić information content (AvgIpc) is 2.82. The molecule has 1 heterocycles. The van der Waals surface area contributed by atoms with E-state index in [1.165, 1.54) is 12.7 Å². The maximum absolute atomic E-state index is 12.3. The Hall–Kier alpha value is -2.69. The Kier molecular flexibility index (Phi) is 3.79. The number of hydrogen-bond acceptors (Lipinski definition) is 4. The zero-order valence-electron chi connectivity index (χ0n) is 14.4. The van der Waals surface area contributed by atoms with Crippen molar-refractivity contribution < 1.29 is 19.4 Å². The SMILES string of the molecule is COC(=O)N1CCc2cc(OC)c(O)c3c2C1CCc1ccccc1-3. The van der Waals surface area contributed by atoms with E-state index in [0.29, 0.717) is 18.7 Å². The van der Waals surface area contributed by atoms with Crippen molar-refractivity contribution in [1.82, 2.24) is 4.90 Å². The van der Waals surface area contributed by atoms with Crippen molar-refractivity contribution in [3.8, 4) is 22.6 Å². The van der Waals surface area contributed by atoms with Crippen LogP contribution in [-0.4, -0.2) is 36.9 Å². The molecule has 5 heteroatoms. The summed E-state index contributed by atoms with van der Waals surface area (Å²) in [4.78, 5) is 14.1. The second-order valence-electron chi connectivity index (χ2n) is 6.50. The lowest BCUT2D eigenvalue weighted by molar-refractivity contribution is 0.0986. The van der Waals surface area contributed by atoms with Crippen molar-refractivity contribution >= 4 is 6.09 Å². The largest absolute Gasteiger partial charge is 0.504 e. The van der Waals surface area contributed by atoms with Gasteiger partial charge in [0.05, 0.1) is 20.3 Å². The van der Waals surface area contributed by atoms with E-state index in [1.807, 2.05) is 24.3 Å². The highest BCUT2D eigenvalue weighted by molar-refractivity contribution is 5.83. The van der Waals surface area contributed by atoms with Gasteiger partial charge in [0.15, 0.2) is 11.5 Å². The lowest BCUT2D eigenvalue weighted by atomic mass is 9.85. The van der Waals surface area contributed by atoms with Crippen LogP contribution in [0.25, 0.3) is 11.1 Å². The Labute approximate surface area is 146 Å². The number of hydrogen-bond donors (Lipinski definition) is 1. The molecule has 2 aromatic rings. The number of amides is 1. The molecule has 1 amide bonds. The summed E-state index contributed by atoms with van der Waals surface area (Å²) in [6, 6.07) is 9.91. The quantitative estimate of drug-likeness (QED) is 0.861. The van der Waals surface area contributed by atoms with E-state index in [0.717, 1.165) is 35.1 Å². The third-order valence-corrected chi connectivity index (χ3v) is 5.33. The fraction of sp³-hybridized carbons (Fsp3) is 0.350. The summed E-state index contributed by atoms with van der Waals surface area (Å²) in [6.07, 6.45) is 2.04. The summed E-state index contributed by atoms with van der Waals surface area (Å²) >= 11 is 0. The van der Waals surface area contributed by atoms with Crippen LogP contribution < -0.4 is 4.74 Å². The van der Waals surface area contributed by atoms with Gasteiger partial charge in [-0.05, 0) is 47.6 Å². The molecule has 0 saturated heterocycles. The van der Waals surface area contributed by atoms with Gasteiger partial charge in [0.1, 0.15) is 0 Å². The van der Waals surface area contributed by atoms with Gasteiger partial charge >= 0.3 is 6.09 Å². The molecule has 1 atom stereocenters. The molecule has 0 fully saturated rings. The van der Waals surface area contributed by atoms with E-state index in [-0.39, 0.29) is 17.9 Å². The average molecular weight is 339 g/mol. The van der Waals surface area contributed by atoms with E-state index < -0.39 is 0 Å². The maximum atomic E-state index is 12.3. The van der Waals surface area contributed by atoms with E-state index in [2.05, 4.69) is 6.07 Å². The smallest absolute Gasteiger partial charge is 0.410 e. The minimum atomic E-state index is -0.317. The van der Waals surface area contributed by atoms with Gasteiger partial charge in [0.2, 0.25) is 0 Å². The Bertz CT molecular complexity index is 846. The molecule has 25 heavy (non-hydrogen) atoms. The fourth-order valence-electron chi connectivity index (χ4n) is 4.19. The van der Waals surface area contributed by atoms with Crippen molar-refractivity contribution in [1.29, 1.82) is 0 Å². The minimum Gasteiger partial charge on any atom is -0.504 e. The summed E-state index contributed by atoms with van der Waals surface area (Å²) < 4.78 is 10.4. The molecule has 0 radical (unpaired) electrons. The van der Waals surface area contributed by atoms with Crippen molar-refractivity contribution in [2.75, 3.05) is 20.8 Å². The molecule has 2 aliphatic rings. The number of benzene rings is 2. The van der Waals surface area contributed by atoms with Crippen LogP contribution in [0.15, 0.2) is 30.3 Å². The minimum absolute atomic E-state index is 0.101. The number of nitrogens with zero attached hydrogens (tertiary/aromatic N) is 1. The van der Waals surface area contributed by atoms with Gasteiger partial charge in [-0.15, -0.1) is 0 Å². The number of phenols is 1. The second kappa shape index (κ2) is 5.99. The van der Waals surface area contributed by atoms with E-state index in [9.17, 15) is 9.90 Å². The van der Waals surface area contributed by atoms with Crippen LogP contribution in [0.5, 0.6) is 11.5 Å². The standard InChI is InChI=1S/C20H21NO4/c1-24-16-11-13-9-10-21(20(23)25-2)15-8-7-12-5-3-4-6-14(12)18(17(13)15)19(16)22/h3-6,11,15,22H,7-10H2,1-2H3. The first-order valence-electron chi connectivity index (χ1n) is 8.51. The summed E-state index contributed by atoms with van der Waals surface area (Å²) in [5, 5.41) is 10.9. The predicted molar refractivity (Wildman–Crippen MR) is 94.0 cm³/mol. The lowest BCUT2D eigenvalue weighted by Crippen LogP contribution is -2.40. The monoisotopic (exact) mass is 339 g/mol. The number of phenolic OH excluding ortho intramolecular Hbond substituents is 1. The summed E-state index contributed by atoms with van der Waals surface area (Å²) in [7, 11) is 2.98. The van der Waals surface area contributed by atoms with Crippen molar-refractivity contribution in [2.45, 2.75) is 25.3 Å². The van der Waals surface area contributed by atoms with Gasteiger partial charge in [0, 0.05) is 12.1 Å². The molecule has 1 aliphatic heterocycles. The molecule has 130 valence electrons. The van der Waals surface area contributed by atoms with Crippen LogP contribution in [0.2, 0.25) is 0 Å². The highest BCUT2D eigenvalue weighted by atomic mass is 16.5. The van der Waals surface area contributed by atoms with Crippen LogP contribution in [0, 0.1) is 0 Å². The van der Waals surface area contributed by atoms with Gasteiger partial charge in [-0.3, -0.25) is 0 Å². The van der Waals surface area contributed by atoms with Gasteiger partial charge in [-0.1, -0.05) is 24.3 Å². The summed E-state index contributed by atoms with van der Waals surface area (Å²) in [6.45, 7) is 0.605. The molecule has 2 aromatic carbocycles. The molecule has 1 unspecified atom stereocenters. The molecule has 0 bridgehead atoms. The van der Waals surface area contributed by atoms with E-state index in [4.69, 9.17) is 9.47 Å². The molecule has 4 rings (SSSR count). The van der Waals surface area contributed by atoms with Crippen molar-refractivity contribution in [3.63, 3.8) is 0 Å². The molecule has 1 aliphatic carbocycles. The number of carbonyl (C=O) groups is 1. The number of aromatic hydroxyl groups is 1. The van der Waals surface area contributed by atoms with Crippen LogP contribution in [0.3, 0.4) is 0 Å². The third kappa shape index (κ3) is 2.34. The second-order valence-corrected chi connectivity index (χ2v) is 6.50. The Morgan fingerprint density at radius 2 is 2.00 bits per heavy atom. The molecular formula is C20H21NO4. The van der Waals surface area contributed by atoms with E-state index in [1.54, 1.807) is 12.0 Å². The first-order valence-corrected chi connectivity index (χ1v) is 8.51. The summed E-state index contributed by atoms with van der Waals surface area (Å²) in [5.41, 5.74) is 5.14. The van der Waals surface area contributed by atoms with Crippen molar-refractivity contribution in [2.24, 2.45) is 0 Å². The van der Waals surface area contributed by atoms with Gasteiger partial charge < -0.3 is 19.5 Å². The molecule has 1 N–H and O–H groups in total. The normalized spacial score (nSPS) is 18.0. The van der Waals surface area contributed by atoms with Gasteiger partial charge in [-0.2, -0.15) is 0 Å². The number of fused-ring (bicyclic) bond motifs is 2. The first kappa shape index (κ1) is 15.8. The van der Waals surface area contributed by atoms with Crippen LogP contribution in [-0.2, 0) is 17.6 Å². The third-order valence-electron chi connectivity index (χ3n) is 5.33. The molecule has 0 aromatic heterocycles. The highest BCUT2D eigenvalue weighted by Gasteiger charge is 2.37. The van der Waals surface area contributed by atoms with Crippen molar-refractivity contribution in [3.05, 3.63) is 47.0 Å². The van der Waals surface area contributed by atoms with Crippen LogP contribution >= 0.6 is 0 Å². The Balaban J connectivity index is 2.00. The highest BCUT2D eigenvalue weighted by Crippen LogP contribution is 2.51.